The molecule has 3 N–H and O–H groups in total. The lowest BCUT2D eigenvalue weighted by Gasteiger charge is -2.18. The molecule has 0 aliphatic rings. The molecule has 0 aliphatic carbocycles. The second kappa shape index (κ2) is 7.34. The number of anilines is 1. The van der Waals surface area contributed by atoms with E-state index in [4.69, 9.17) is 0 Å². The summed E-state index contributed by atoms with van der Waals surface area (Å²) in [6, 6.07) is 4.33. The molecule has 0 saturated heterocycles. The summed E-state index contributed by atoms with van der Waals surface area (Å²) in [5.41, 5.74) is 0.279. The molecule has 0 fully saturated rings. The van der Waals surface area contributed by atoms with Crippen LogP contribution in [0.5, 0.6) is 0 Å². The van der Waals surface area contributed by atoms with E-state index in [9.17, 15) is 24.8 Å². The van der Waals surface area contributed by atoms with Gasteiger partial charge in [-0.2, -0.15) is 0 Å². The number of aliphatic carboxylic acids is 1. The van der Waals surface area contributed by atoms with Gasteiger partial charge < -0.3 is 20.5 Å². The third-order valence-corrected chi connectivity index (χ3v) is 2.69. The number of hydrogen-bond donors (Lipinski definition) is 2. The number of hydrogen-bond acceptors (Lipinski definition) is 5. The fourth-order valence-corrected chi connectivity index (χ4v) is 1.77. The number of carbonyl (C=O) groups is 2. The summed E-state index contributed by atoms with van der Waals surface area (Å²) in [7, 11) is 0. The van der Waals surface area contributed by atoms with Crippen LogP contribution in [0.4, 0.5) is 11.4 Å². The number of amides is 1. The van der Waals surface area contributed by atoms with Gasteiger partial charge in [-0.15, -0.1) is 0 Å². The number of quaternary nitrogens is 1. The molecule has 0 aliphatic heterocycles. The zero-order valence-corrected chi connectivity index (χ0v) is 11.7. The Labute approximate surface area is 121 Å². The van der Waals surface area contributed by atoms with Gasteiger partial charge in [0.1, 0.15) is 6.04 Å². The molecule has 8 nitrogen and oxygen atoms in total. The van der Waals surface area contributed by atoms with Gasteiger partial charge in [-0.05, 0) is 26.0 Å². The van der Waals surface area contributed by atoms with Gasteiger partial charge in [-0.25, -0.2) is 0 Å². The minimum atomic E-state index is -1.30. The Kier molecular flexibility index (Phi) is 5.79. The number of nitrogens with one attached hydrogen (secondary N) is 1. The highest BCUT2D eigenvalue weighted by atomic mass is 16.6. The zero-order valence-electron chi connectivity index (χ0n) is 11.7. The van der Waals surface area contributed by atoms with Gasteiger partial charge in [0.2, 0.25) is 5.91 Å². The molecular weight excluding hydrogens is 278 g/mol. The molecular formula is C13H17N3O5. The van der Waals surface area contributed by atoms with E-state index in [1.165, 1.54) is 29.6 Å². The quantitative estimate of drug-likeness (QED) is 0.493. The van der Waals surface area contributed by atoms with E-state index < -0.39 is 22.8 Å². The van der Waals surface area contributed by atoms with Crippen LogP contribution in [0.25, 0.3) is 0 Å². The van der Waals surface area contributed by atoms with Crippen molar-refractivity contribution in [3.8, 4) is 0 Å². The van der Waals surface area contributed by atoms with Crippen molar-refractivity contribution in [1.29, 1.82) is 0 Å². The van der Waals surface area contributed by atoms with Gasteiger partial charge in [-0.1, -0.05) is 0 Å². The Balaban J connectivity index is 2.63. The van der Waals surface area contributed by atoms with Gasteiger partial charge in [0.05, 0.1) is 23.4 Å². The Morgan fingerprint density at radius 2 is 1.86 bits per heavy atom. The second-order valence-corrected chi connectivity index (χ2v) is 4.92. The number of carboxylic acid groups (broad SMARTS) is 1. The lowest BCUT2D eigenvalue weighted by atomic mass is 10.1. The second-order valence-electron chi connectivity index (χ2n) is 4.92. The Morgan fingerprint density at radius 3 is 2.29 bits per heavy atom. The number of non-ortho nitro benzene ring substituents is 1. The summed E-state index contributed by atoms with van der Waals surface area (Å²) < 4.78 is 0. The highest BCUT2D eigenvalue weighted by Gasteiger charge is 2.19. The van der Waals surface area contributed by atoms with E-state index in [0.29, 0.717) is 5.69 Å². The molecule has 0 spiro atoms. The number of nitro benzene ring substituents is 1. The van der Waals surface area contributed by atoms with Crippen LogP contribution in [0.1, 0.15) is 20.3 Å². The summed E-state index contributed by atoms with van der Waals surface area (Å²) >= 11 is 0. The smallest absolute Gasteiger partial charge is 0.269 e. The SMILES string of the molecule is CC(C)[NH2+][C@@H](CC(=O)Nc1ccc([N+](=O)[O-])cc1)C(=O)[O-]. The number of nitro groups is 1. The summed E-state index contributed by atoms with van der Waals surface area (Å²) in [5, 5.41) is 25.5. The predicted octanol–water partition coefficient (Wildman–Crippen LogP) is -0.986. The first-order chi connectivity index (χ1) is 9.79. The monoisotopic (exact) mass is 295 g/mol. The lowest BCUT2D eigenvalue weighted by molar-refractivity contribution is -0.708. The van der Waals surface area contributed by atoms with Gasteiger partial charge in [0.15, 0.2) is 0 Å². The predicted molar refractivity (Wildman–Crippen MR) is 72.2 cm³/mol. The van der Waals surface area contributed by atoms with Gasteiger partial charge in [-0.3, -0.25) is 14.9 Å². The van der Waals surface area contributed by atoms with Crippen LogP contribution in [0, 0.1) is 10.1 Å². The molecule has 8 heteroatoms. The molecule has 0 unspecified atom stereocenters. The van der Waals surface area contributed by atoms with E-state index in [1.54, 1.807) is 0 Å². The average molecular weight is 295 g/mol. The van der Waals surface area contributed by atoms with E-state index in [1.807, 2.05) is 13.8 Å². The van der Waals surface area contributed by atoms with E-state index in [-0.39, 0.29) is 18.2 Å². The molecule has 0 aromatic heterocycles. The molecule has 1 atom stereocenters. The van der Waals surface area contributed by atoms with Gasteiger partial charge in [0.25, 0.3) is 5.69 Å². The topological polar surface area (TPSA) is 129 Å². The first kappa shape index (κ1) is 16.6. The Morgan fingerprint density at radius 1 is 1.29 bits per heavy atom. The molecule has 1 amide bonds. The van der Waals surface area contributed by atoms with Crippen LogP contribution in [0.3, 0.4) is 0 Å². The lowest BCUT2D eigenvalue weighted by Crippen LogP contribution is -2.96. The van der Waals surface area contributed by atoms with Crippen LogP contribution < -0.4 is 15.7 Å². The van der Waals surface area contributed by atoms with Crippen molar-refractivity contribution < 1.29 is 24.9 Å². The van der Waals surface area contributed by atoms with Crippen molar-refractivity contribution in [2.45, 2.75) is 32.4 Å². The Bertz CT molecular complexity index is 527. The molecule has 0 radical (unpaired) electrons. The van der Waals surface area contributed by atoms with Crippen LogP contribution >= 0.6 is 0 Å². The summed E-state index contributed by atoms with van der Waals surface area (Å²) in [5.74, 6) is -1.79. The van der Waals surface area contributed by atoms with Gasteiger partial charge in [0, 0.05) is 17.8 Å². The minimum absolute atomic E-state index is 0.0140. The Hall–Kier alpha value is -2.48. The molecule has 114 valence electrons. The first-order valence-corrected chi connectivity index (χ1v) is 6.39. The zero-order chi connectivity index (χ0) is 16.0. The van der Waals surface area contributed by atoms with Crippen molar-refractivity contribution >= 4 is 23.3 Å². The number of nitrogens with zero attached hydrogens (tertiary/aromatic N) is 1. The number of carbonyl (C=O) groups excluding carboxylic acids is 2. The number of nitrogens with two attached hydrogens (primary N) is 1. The molecule has 21 heavy (non-hydrogen) atoms. The fraction of sp³-hybridized carbons (Fsp3) is 0.385. The minimum Gasteiger partial charge on any atom is -0.544 e. The number of rotatable bonds is 7. The molecule has 1 aromatic rings. The standard InChI is InChI=1S/C13H17N3O5/c1-8(2)14-11(13(18)19)7-12(17)15-9-3-5-10(6-4-9)16(20)21/h3-6,8,11,14H,7H2,1-2H3,(H,15,17)(H,18,19)/t11-/m0/s1. The van der Waals surface area contributed by atoms with E-state index in [2.05, 4.69) is 5.32 Å². The third-order valence-electron chi connectivity index (χ3n) is 2.69. The first-order valence-electron chi connectivity index (χ1n) is 6.39. The largest absolute Gasteiger partial charge is 0.544 e. The van der Waals surface area contributed by atoms with Crippen molar-refractivity contribution in [2.75, 3.05) is 5.32 Å². The average Bonchev–Trinajstić information content (AvgIpc) is 2.37. The normalized spacial score (nSPS) is 12.0. The van der Waals surface area contributed by atoms with E-state index >= 15 is 0 Å². The van der Waals surface area contributed by atoms with Crippen LogP contribution in [-0.2, 0) is 9.59 Å². The summed E-state index contributed by atoms with van der Waals surface area (Å²) in [6.45, 7) is 3.62. The van der Waals surface area contributed by atoms with Gasteiger partial charge >= 0.3 is 0 Å². The van der Waals surface area contributed by atoms with Crippen LogP contribution in [-0.4, -0.2) is 28.9 Å². The molecule has 0 saturated carbocycles. The highest BCUT2D eigenvalue weighted by Crippen LogP contribution is 2.15. The van der Waals surface area contributed by atoms with Crippen molar-refractivity contribution in [3.05, 3.63) is 34.4 Å². The van der Waals surface area contributed by atoms with E-state index in [0.717, 1.165) is 0 Å². The fourth-order valence-electron chi connectivity index (χ4n) is 1.77. The summed E-state index contributed by atoms with van der Waals surface area (Å²) in [4.78, 5) is 32.7. The van der Waals surface area contributed by atoms with Crippen molar-refractivity contribution in [1.82, 2.24) is 0 Å². The number of carboxylic acids is 1. The van der Waals surface area contributed by atoms with Crippen molar-refractivity contribution in [3.63, 3.8) is 0 Å². The molecule has 0 heterocycles. The third kappa shape index (κ3) is 5.57. The molecule has 1 aromatic carbocycles. The maximum Gasteiger partial charge on any atom is 0.269 e. The van der Waals surface area contributed by atoms with Crippen LogP contribution in [0.2, 0.25) is 0 Å². The number of benzene rings is 1. The maximum absolute atomic E-state index is 11.8. The maximum atomic E-state index is 11.8. The van der Waals surface area contributed by atoms with Crippen molar-refractivity contribution in [2.24, 2.45) is 0 Å². The molecule has 1 rings (SSSR count). The highest BCUT2D eigenvalue weighted by molar-refractivity contribution is 5.93. The molecule has 0 bridgehead atoms. The van der Waals surface area contributed by atoms with Crippen LogP contribution in [0.15, 0.2) is 24.3 Å². The summed E-state index contributed by atoms with van der Waals surface area (Å²) in [6.07, 6.45) is -0.239.